The highest BCUT2D eigenvalue weighted by atomic mass is 16.5. The second kappa shape index (κ2) is 4.70. The van der Waals surface area contributed by atoms with Crippen LogP contribution in [0.3, 0.4) is 0 Å². The average molecular weight is 159 g/mol. The maximum absolute atomic E-state index is 9.35. The smallest absolute Gasteiger partial charge is 0.0645 e. The van der Waals surface area contributed by atoms with E-state index in [2.05, 4.69) is 6.92 Å². The Morgan fingerprint density at radius 1 is 1.64 bits per heavy atom. The summed E-state index contributed by atoms with van der Waals surface area (Å²) in [6, 6.07) is 0.240. The van der Waals surface area contributed by atoms with Gasteiger partial charge in [-0.2, -0.15) is 5.06 Å². The van der Waals surface area contributed by atoms with E-state index < -0.39 is 0 Å². The van der Waals surface area contributed by atoms with E-state index in [1.807, 2.05) is 0 Å². The number of hydrogen-bond acceptors (Lipinski definition) is 3. The Morgan fingerprint density at radius 3 is 3.09 bits per heavy atom. The van der Waals surface area contributed by atoms with Crippen LogP contribution in [0.25, 0.3) is 0 Å². The first-order chi connectivity index (χ1) is 5.34. The zero-order chi connectivity index (χ0) is 8.10. The summed E-state index contributed by atoms with van der Waals surface area (Å²) in [5.74, 6) is 0. The van der Waals surface area contributed by atoms with Crippen LogP contribution < -0.4 is 0 Å². The van der Waals surface area contributed by atoms with Crippen molar-refractivity contribution in [3.05, 3.63) is 0 Å². The molecular weight excluding hydrogens is 142 g/mol. The lowest BCUT2D eigenvalue weighted by Gasteiger charge is -2.30. The van der Waals surface area contributed by atoms with Crippen LogP contribution in [0, 0.1) is 0 Å². The molecular formula is C8H17NO2. The fraction of sp³-hybridized carbons (Fsp3) is 1.00. The van der Waals surface area contributed by atoms with E-state index in [0.29, 0.717) is 19.8 Å². The van der Waals surface area contributed by atoms with Gasteiger partial charge < -0.3 is 9.94 Å². The van der Waals surface area contributed by atoms with Crippen LogP contribution in [0.5, 0.6) is 0 Å². The summed E-state index contributed by atoms with van der Waals surface area (Å²) in [4.78, 5) is 0. The van der Waals surface area contributed by atoms with Crippen molar-refractivity contribution in [3.63, 3.8) is 0 Å². The predicted molar refractivity (Wildman–Crippen MR) is 42.6 cm³/mol. The van der Waals surface area contributed by atoms with Gasteiger partial charge in [0.1, 0.15) is 0 Å². The molecule has 1 rings (SSSR count). The second-order valence-electron chi connectivity index (χ2n) is 3.03. The zero-order valence-electron chi connectivity index (χ0n) is 7.12. The number of hydroxylamine groups is 2. The molecule has 0 bridgehead atoms. The van der Waals surface area contributed by atoms with E-state index in [-0.39, 0.29) is 6.04 Å². The second-order valence-corrected chi connectivity index (χ2v) is 3.03. The fourth-order valence-electron chi connectivity index (χ4n) is 1.32. The lowest BCUT2D eigenvalue weighted by atomic mass is 10.1. The van der Waals surface area contributed by atoms with E-state index in [0.717, 1.165) is 6.42 Å². The summed E-state index contributed by atoms with van der Waals surface area (Å²) in [5.41, 5.74) is 0. The van der Waals surface area contributed by atoms with Crippen molar-refractivity contribution in [3.8, 4) is 0 Å². The van der Waals surface area contributed by atoms with Gasteiger partial charge in [0.25, 0.3) is 0 Å². The molecule has 11 heavy (non-hydrogen) atoms. The van der Waals surface area contributed by atoms with Crippen LogP contribution >= 0.6 is 0 Å². The van der Waals surface area contributed by atoms with Gasteiger partial charge in [0.05, 0.1) is 19.3 Å². The highest BCUT2D eigenvalue weighted by molar-refractivity contribution is 4.68. The van der Waals surface area contributed by atoms with Crippen LogP contribution in [0.15, 0.2) is 0 Å². The molecule has 1 atom stereocenters. The maximum Gasteiger partial charge on any atom is 0.0645 e. The van der Waals surface area contributed by atoms with Crippen molar-refractivity contribution in [2.45, 2.75) is 32.2 Å². The summed E-state index contributed by atoms with van der Waals surface area (Å²) in [6.45, 7) is 4.18. The van der Waals surface area contributed by atoms with E-state index >= 15 is 0 Å². The van der Waals surface area contributed by atoms with Crippen LogP contribution in [0.1, 0.15) is 26.2 Å². The number of hydrogen-bond donors (Lipinski definition) is 1. The molecule has 1 aliphatic heterocycles. The van der Waals surface area contributed by atoms with Gasteiger partial charge in [-0.05, 0) is 6.42 Å². The zero-order valence-corrected chi connectivity index (χ0v) is 7.12. The van der Waals surface area contributed by atoms with Crippen molar-refractivity contribution in [1.29, 1.82) is 0 Å². The van der Waals surface area contributed by atoms with Crippen molar-refractivity contribution in [1.82, 2.24) is 5.06 Å². The fourth-order valence-corrected chi connectivity index (χ4v) is 1.32. The van der Waals surface area contributed by atoms with Gasteiger partial charge in [0.15, 0.2) is 0 Å². The standard InChI is InChI=1S/C8H17NO2/c1-2-3-4-8-7-11-6-5-9(8)10/h8,10H,2-7H2,1H3. The van der Waals surface area contributed by atoms with Gasteiger partial charge in [-0.25, -0.2) is 0 Å². The Labute approximate surface area is 67.9 Å². The van der Waals surface area contributed by atoms with Gasteiger partial charge >= 0.3 is 0 Å². The molecule has 1 aliphatic rings. The normalized spacial score (nSPS) is 27.3. The van der Waals surface area contributed by atoms with Crippen LogP contribution in [0.2, 0.25) is 0 Å². The van der Waals surface area contributed by atoms with E-state index in [1.54, 1.807) is 0 Å². The third-order valence-electron chi connectivity index (χ3n) is 2.09. The number of nitrogens with zero attached hydrogens (tertiary/aromatic N) is 1. The minimum Gasteiger partial charge on any atom is -0.378 e. The summed E-state index contributed by atoms with van der Waals surface area (Å²) >= 11 is 0. The molecule has 0 aromatic heterocycles. The highest BCUT2D eigenvalue weighted by Gasteiger charge is 2.19. The molecule has 1 saturated heterocycles. The molecule has 1 N–H and O–H groups in total. The Hall–Kier alpha value is -0.120. The number of ether oxygens (including phenoxy) is 1. The molecule has 1 unspecified atom stereocenters. The van der Waals surface area contributed by atoms with Gasteiger partial charge in [0.2, 0.25) is 0 Å². The van der Waals surface area contributed by atoms with Gasteiger partial charge in [0, 0.05) is 6.54 Å². The topological polar surface area (TPSA) is 32.7 Å². The van der Waals surface area contributed by atoms with Crippen molar-refractivity contribution in [2.24, 2.45) is 0 Å². The predicted octanol–water partition coefficient (Wildman–Crippen LogP) is 1.27. The SMILES string of the molecule is CCCCC1COCCN1O. The molecule has 3 nitrogen and oxygen atoms in total. The average Bonchev–Trinajstić information content (AvgIpc) is 2.03. The maximum atomic E-state index is 9.35. The summed E-state index contributed by atoms with van der Waals surface area (Å²) < 4.78 is 5.25. The third kappa shape index (κ3) is 2.77. The largest absolute Gasteiger partial charge is 0.378 e. The van der Waals surface area contributed by atoms with Gasteiger partial charge in [-0.1, -0.05) is 19.8 Å². The van der Waals surface area contributed by atoms with Crippen LogP contribution in [-0.2, 0) is 4.74 Å². The molecule has 0 radical (unpaired) electrons. The van der Waals surface area contributed by atoms with Crippen molar-refractivity contribution < 1.29 is 9.94 Å². The molecule has 0 aromatic rings. The minimum absolute atomic E-state index is 0.240. The molecule has 0 spiro atoms. The Balaban J connectivity index is 2.18. The van der Waals surface area contributed by atoms with Gasteiger partial charge in [-0.15, -0.1) is 0 Å². The molecule has 0 aliphatic carbocycles. The summed E-state index contributed by atoms with van der Waals surface area (Å²) in [6.07, 6.45) is 3.41. The Morgan fingerprint density at radius 2 is 2.45 bits per heavy atom. The van der Waals surface area contributed by atoms with E-state index in [9.17, 15) is 5.21 Å². The molecule has 66 valence electrons. The Bertz CT molecular complexity index is 108. The third-order valence-corrected chi connectivity index (χ3v) is 2.09. The van der Waals surface area contributed by atoms with Crippen LogP contribution in [0.4, 0.5) is 0 Å². The van der Waals surface area contributed by atoms with Crippen LogP contribution in [-0.4, -0.2) is 36.1 Å². The first kappa shape index (κ1) is 8.97. The summed E-state index contributed by atoms with van der Waals surface area (Å²) in [7, 11) is 0. The molecule has 0 amide bonds. The molecule has 3 heteroatoms. The minimum atomic E-state index is 0.240. The van der Waals surface area contributed by atoms with Crippen molar-refractivity contribution in [2.75, 3.05) is 19.8 Å². The molecule has 1 heterocycles. The first-order valence-corrected chi connectivity index (χ1v) is 4.38. The number of rotatable bonds is 3. The van der Waals surface area contributed by atoms with Crippen molar-refractivity contribution >= 4 is 0 Å². The number of morpholine rings is 1. The Kier molecular flexibility index (Phi) is 3.83. The van der Waals surface area contributed by atoms with E-state index in [4.69, 9.17) is 4.74 Å². The molecule has 1 fully saturated rings. The molecule has 0 aromatic carbocycles. The monoisotopic (exact) mass is 159 g/mol. The summed E-state index contributed by atoms with van der Waals surface area (Å²) in [5, 5.41) is 10.8. The molecule has 0 saturated carbocycles. The van der Waals surface area contributed by atoms with Gasteiger partial charge in [-0.3, -0.25) is 0 Å². The lowest BCUT2D eigenvalue weighted by molar-refractivity contribution is -0.182. The lowest BCUT2D eigenvalue weighted by Crippen LogP contribution is -2.43. The highest BCUT2D eigenvalue weighted by Crippen LogP contribution is 2.10. The van der Waals surface area contributed by atoms with E-state index in [1.165, 1.54) is 17.9 Å². The number of unbranched alkanes of at least 4 members (excludes halogenated alkanes) is 1. The first-order valence-electron chi connectivity index (χ1n) is 4.38. The quantitative estimate of drug-likeness (QED) is 0.673.